The van der Waals surface area contributed by atoms with Gasteiger partial charge in [-0.2, -0.15) is 0 Å². The molecule has 1 aliphatic carbocycles. The van der Waals surface area contributed by atoms with Gasteiger partial charge in [-0.15, -0.1) is 0 Å². The summed E-state index contributed by atoms with van der Waals surface area (Å²) < 4.78 is 2.24. The van der Waals surface area contributed by atoms with Gasteiger partial charge in [-0.25, -0.2) is 4.99 Å². The summed E-state index contributed by atoms with van der Waals surface area (Å²) in [5.41, 5.74) is 13.2. The van der Waals surface area contributed by atoms with Crippen molar-refractivity contribution in [2.24, 2.45) is 4.99 Å². The van der Waals surface area contributed by atoms with Crippen molar-refractivity contribution in [3.63, 3.8) is 0 Å². The molecule has 0 aliphatic heterocycles. The largest absolute Gasteiger partial charge is 0.345 e. The maximum atomic E-state index is 8.99. The molecule has 0 radical (unpaired) electrons. The van der Waals surface area contributed by atoms with Crippen molar-refractivity contribution in [1.29, 1.82) is 5.41 Å². The van der Waals surface area contributed by atoms with Gasteiger partial charge in [0.15, 0.2) is 0 Å². The van der Waals surface area contributed by atoms with E-state index in [-0.39, 0.29) is 0 Å². The van der Waals surface area contributed by atoms with Crippen molar-refractivity contribution in [3.8, 4) is 22.3 Å². The van der Waals surface area contributed by atoms with Gasteiger partial charge < -0.3 is 9.88 Å². The Hall–Kier alpha value is -7.30. The number of hydrogen-bond donors (Lipinski definition) is 2. The van der Waals surface area contributed by atoms with Crippen LogP contribution in [0.3, 0.4) is 0 Å². The van der Waals surface area contributed by atoms with Gasteiger partial charge in [0.05, 0.1) is 22.8 Å². The number of hydrogen-bond acceptors (Lipinski definition) is 2. The Balaban J connectivity index is 1.23. The maximum absolute atomic E-state index is 8.99. The predicted molar refractivity (Wildman–Crippen MR) is 232 cm³/mol. The number of rotatable bonds is 8. The van der Waals surface area contributed by atoms with E-state index in [9.17, 15) is 0 Å². The lowest BCUT2D eigenvalue weighted by atomic mass is 9.67. The van der Waals surface area contributed by atoms with E-state index in [1.165, 1.54) is 33.4 Å². The molecule has 0 bridgehead atoms. The summed E-state index contributed by atoms with van der Waals surface area (Å²) >= 11 is 0. The fraction of sp³-hybridized carbons (Fsp3) is 0.0385. The van der Waals surface area contributed by atoms with Crippen molar-refractivity contribution >= 4 is 34.0 Å². The highest BCUT2D eigenvalue weighted by Crippen LogP contribution is 2.57. The van der Waals surface area contributed by atoms with E-state index in [0.717, 1.165) is 44.1 Å². The zero-order valence-electron chi connectivity index (χ0n) is 30.7. The molecule has 1 atom stereocenters. The fourth-order valence-corrected chi connectivity index (χ4v) is 8.71. The Morgan fingerprint density at radius 1 is 0.518 bits per heavy atom. The molecule has 4 nitrogen and oxygen atoms in total. The van der Waals surface area contributed by atoms with Gasteiger partial charge in [-0.1, -0.05) is 188 Å². The van der Waals surface area contributed by atoms with E-state index < -0.39 is 11.6 Å². The first-order valence-corrected chi connectivity index (χ1v) is 19.1. The van der Waals surface area contributed by atoms with E-state index in [1.807, 2.05) is 54.9 Å². The first kappa shape index (κ1) is 33.3. The number of benzene rings is 8. The quantitative estimate of drug-likeness (QED) is 0.119. The topological polar surface area (TPSA) is 53.2 Å². The van der Waals surface area contributed by atoms with Gasteiger partial charge in [0.1, 0.15) is 12.0 Å². The number of aromatic nitrogens is 1. The van der Waals surface area contributed by atoms with Crippen LogP contribution >= 0.6 is 0 Å². The van der Waals surface area contributed by atoms with Crippen LogP contribution in [0.1, 0.15) is 39.5 Å². The Labute approximate surface area is 326 Å². The van der Waals surface area contributed by atoms with Crippen molar-refractivity contribution in [2.45, 2.75) is 11.6 Å². The Kier molecular flexibility index (Phi) is 8.23. The summed E-state index contributed by atoms with van der Waals surface area (Å²) in [6.07, 6.45) is 1.46. The van der Waals surface area contributed by atoms with E-state index in [2.05, 4.69) is 168 Å². The van der Waals surface area contributed by atoms with E-state index in [0.29, 0.717) is 5.84 Å². The molecule has 1 unspecified atom stereocenters. The number of nitrogens with zero attached hydrogens (tertiary/aromatic N) is 2. The third kappa shape index (κ3) is 5.46. The van der Waals surface area contributed by atoms with Crippen LogP contribution in [0, 0.1) is 5.41 Å². The molecular weight excluding hydrogens is 681 g/mol. The SMILES string of the molecule is N=C(NC(/N=C/n1c2cc(-c3ccccc3)ccc2c2cc3c(cc21)-c1ccccc1C3(c1ccccc1)c1ccccc1)c1ccccc1)c1ccccc1. The molecule has 1 heterocycles. The van der Waals surface area contributed by atoms with Crippen LogP contribution in [0.2, 0.25) is 0 Å². The molecule has 10 rings (SSSR count). The molecule has 1 aliphatic rings. The highest BCUT2D eigenvalue weighted by atomic mass is 15.1. The highest BCUT2D eigenvalue weighted by Gasteiger charge is 2.46. The highest BCUT2D eigenvalue weighted by molar-refractivity contribution is 6.14. The molecule has 9 aromatic rings. The Morgan fingerprint density at radius 2 is 1.09 bits per heavy atom. The molecule has 0 saturated heterocycles. The first-order valence-electron chi connectivity index (χ1n) is 19.1. The molecule has 1 aromatic heterocycles. The molecule has 8 aromatic carbocycles. The average Bonchev–Trinajstić information content (AvgIpc) is 3.74. The normalized spacial score (nSPS) is 13.4. The molecular formula is C52H38N4. The van der Waals surface area contributed by atoms with E-state index in [1.54, 1.807) is 0 Å². The van der Waals surface area contributed by atoms with Gasteiger partial charge in [0.2, 0.25) is 0 Å². The number of fused-ring (bicyclic) bond motifs is 6. The molecule has 266 valence electrons. The van der Waals surface area contributed by atoms with Gasteiger partial charge in [0.25, 0.3) is 0 Å². The zero-order valence-corrected chi connectivity index (χ0v) is 30.7. The number of aliphatic imine (C=N–C) groups is 1. The second-order valence-electron chi connectivity index (χ2n) is 14.4. The molecule has 0 amide bonds. The summed E-state index contributed by atoms with van der Waals surface area (Å²) in [5.74, 6) is 0.317. The van der Waals surface area contributed by atoms with Crippen LogP contribution in [-0.4, -0.2) is 16.7 Å². The van der Waals surface area contributed by atoms with E-state index in [4.69, 9.17) is 10.4 Å². The van der Waals surface area contributed by atoms with Crippen molar-refractivity contribution in [2.75, 3.05) is 0 Å². The molecule has 0 saturated carbocycles. The van der Waals surface area contributed by atoms with Crippen molar-refractivity contribution in [1.82, 2.24) is 9.88 Å². The lowest BCUT2D eigenvalue weighted by Crippen LogP contribution is -2.28. The standard InChI is InChI=1S/C52H38N4/c53-50(37-20-8-2-9-21-37)55-51(38-22-10-3-11-23-38)54-35-56-48-32-39(36-18-6-1-7-19-36)30-31-43(48)45-33-47-44(34-49(45)56)42-28-16-17-29-46(42)52(47,40-24-12-4-13-25-40)41-26-14-5-15-27-41/h1-35,51H,(H2,53,55)/b54-35+. The van der Waals surface area contributed by atoms with Crippen LogP contribution in [0.4, 0.5) is 0 Å². The minimum absolute atomic E-state index is 0.317. The average molecular weight is 719 g/mol. The van der Waals surface area contributed by atoms with Gasteiger partial charge in [-0.3, -0.25) is 5.41 Å². The molecule has 4 heteroatoms. The second-order valence-corrected chi connectivity index (χ2v) is 14.4. The van der Waals surface area contributed by atoms with E-state index >= 15 is 0 Å². The number of nitrogens with one attached hydrogen (secondary N) is 2. The summed E-state index contributed by atoms with van der Waals surface area (Å²) in [4.78, 5) is 5.25. The molecule has 2 N–H and O–H groups in total. The lowest BCUT2D eigenvalue weighted by Gasteiger charge is -2.33. The number of amidine groups is 1. The summed E-state index contributed by atoms with van der Waals surface area (Å²) in [6.45, 7) is 0. The summed E-state index contributed by atoms with van der Waals surface area (Å²) in [6, 6.07) is 72.9. The minimum atomic E-state index is -0.505. The monoisotopic (exact) mass is 718 g/mol. The zero-order chi connectivity index (χ0) is 37.5. The van der Waals surface area contributed by atoms with Gasteiger partial charge in [0, 0.05) is 16.3 Å². The Bertz CT molecular complexity index is 2840. The van der Waals surface area contributed by atoms with Crippen LogP contribution in [0.25, 0.3) is 44.1 Å². The van der Waals surface area contributed by atoms with Crippen LogP contribution < -0.4 is 5.32 Å². The van der Waals surface area contributed by atoms with Gasteiger partial charge >= 0.3 is 0 Å². The van der Waals surface area contributed by atoms with Crippen LogP contribution in [0.15, 0.2) is 211 Å². The minimum Gasteiger partial charge on any atom is -0.345 e. The smallest absolute Gasteiger partial charge is 0.147 e. The Morgan fingerprint density at radius 3 is 1.77 bits per heavy atom. The summed E-state index contributed by atoms with van der Waals surface area (Å²) in [7, 11) is 0. The van der Waals surface area contributed by atoms with Crippen LogP contribution in [0.5, 0.6) is 0 Å². The first-order chi connectivity index (χ1) is 27.7. The maximum Gasteiger partial charge on any atom is 0.147 e. The van der Waals surface area contributed by atoms with Crippen molar-refractivity contribution < 1.29 is 0 Å². The van der Waals surface area contributed by atoms with Gasteiger partial charge in [-0.05, 0) is 68.3 Å². The van der Waals surface area contributed by atoms with Crippen LogP contribution in [-0.2, 0) is 5.41 Å². The second kappa shape index (κ2) is 13.8. The van der Waals surface area contributed by atoms with Crippen molar-refractivity contribution in [3.05, 3.63) is 240 Å². The third-order valence-electron chi connectivity index (χ3n) is 11.3. The fourth-order valence-electron chi connectivity index (χ4n) is 8.71. The summed E-state index contributed by atoms with van der Waals surface area (Å²) in [5, 5.41) is 14.7. The lowest BCUT2D eigenvalue weighted by molar-refractivity contribution is 0.682. The molecule has 0 fully saturated rings. The molecule has 0 spiro atoms. The molecule has 56 heavy (non-hydrogen) atoms. The predicted octanol–water partition coefficient (Wildman–Crippen LogP) is 12.0. The third-order valence-corrected chi connectivity index (χ3v) is 11.3.